The van der Waals surface area contributed by atoms with Crippen molar-refractivity contribution in [1.29, 1.82) is 0 Å². The molecule has 0 unspecified atom stereocenters. The van der Waals surface area contributed by atoms with Gasteiger partial charge in [0.2, 0.25) is 0 Å². The van der Waals surface area contributed by atoms with E-state index in [4.69, 9.17) is 4.74 Å². The van der Waals surface area contributed by atoms with Crippen LogP contribution in [0.5, 0.6) is 5.75 Å². The van der Waals surface area contributed by atoms with Crippen molar-refractivity contribution in [3.63, 3.8) is 0 Å². The lowest BCUT2D eigenvalue weighted by Gasteiger charge is -2.19. The van der Waals surface area contributed by atoms with E-state index < -0.39 is 0 Å². The Labute approximate surface area is 139 Å². The normalized spacial score (nSPS) is 13.3. The van der Waals surface area contributed by atoms with Crippen LogP contribution in [0.4, 0.5) is 5.82 Å². The minimum Gasteiger partial charge on any atom is -0.492 e. The Morgan fingerprint density at radius 3 is 2.91 bits per heavy atom. The van der Waals surface area contributed by atoms with Gasteiger partial charge in [-0.15, -0.1) is 11.3 Å². The summed E-state index contributed by atoms with van der Waals surface area (Å²) in [5, 5.41) is 1.26. The van der Waals surface area contributed by atoms with Crippen molar-refractivity contribution in [3.05, 3.63) is 47.1 Å². The highest BCUT2D eigenvalue weighted by Crippen LogP contribution is 2.39. The lowest BCUT2D eigenvalue weighted by molar-refractivity contribution is 0.326. The molecular weight excluding hydrogens is 306 g/mol. The minimum atomic E-state index is 0.637. The Bertz CT molecular complexity index is 816. The van der Waals surface area contributed by atoms with Crippen LogP contribution in [0, 0.1) is 0 Å². The first-order chi connectivity index (χ1) is 11.3. The fourth-order valence-electron chi connectivity index (χ4n) is 3.12. The largest absolute Gasteiger partial charge is 0.492 e. The van der Waals surface area contributed by atoms with Gasteiger partial charge in [0.15, 0.2) is 0 Å². The monoisotopic (exact) mass is 325 g/mol. The zero-order valence-corrected chi connectivity index (χ0v) is 14.0. The predicted octanol–water partition coefficient (Wildman–Crippen LogP) is 3.70. The first-order valence-electron chi connectivity index (χ1n) is 7.97. The molecule has 118 valence electrons. The lowest BCUT2D eigenvalue weighted by atomic mass is 10.2. The van der Waals surface area contributed by atoms with Crippen molar-refractivity contribution < 1.29 is 4.74 Å². The maximum absolute atomic E-state index is 5.80. The number of rotatable bonds is 5. The van der Waals surface area contributed by atoms with Crippen LogP contribution in [0.1, 0.15) is 16.9 Å². The standard InChI is InChI=1S/C18H19N3OS/c1-21(10-11-22-13-6-3-2-4-7-13)17-16-14-8-5-9-15(14)23-18(16)20-12-19-17/h2-4,6-7,12H,5,8-11H2,1H3. The van der Waals surface area contributed by atoms with Crippen molar-refractivity contribution in [2.75, 3.05) is 25.1 Å². The molecule has 0 saturated heterocycles. The molecule has 2 aromatic heterocycles. The summed E-state index contributed by atoms with van der Waals surface area (Å²) in [5.74, 6) is 1.94. The summed E-state index contributed by atoms with van der Waals surface area (Å²) in [6.45, 7) is 1.43. The van der Waals surface area contributed by atoms with Crippen LogP contribution in [0.15, 0.2) is 36.7 Å². The minimum absolute atomic E-state index is 0.637. The van der Waals surface area contributed by atoms with Crippen molar-refractivity contribution in [3.8, 4) is 5.75 Å². The maximum Gasteiger partial charge on any atom is 0.140 e. The van der Waals surface area contributed by atoms with Gasteiger partial charge >= 0.3 is 0 Å². The number of aromatic nitrogens is 2. The third-order valence-corrected chi connectivity index (χ3v) is 5.48. The number of benzene rings is 1. The van der Waals surface area contributed by atoms with Crippen molar-refractivity contribution in [2.45, 2.75) is 19.3 Å². The SMILES string of the molecule is CN(CCOc1ccccc1)c1ncnc2sc3c(c12)CCC3. The third-order valence-electron chi connectivity index (χ3n) is 4.28. The van der Waals surface area contributed by atoms with Gasteiger partial charge < -0.3 is 9.64 Å². The molecule has 0 aliphatic heterocycles. The van der Waals surface area contributed by atoms with E-state index in [0.29, 0.717) is 6.61 Å². The molecule has 1 aliphatic carbocycles. The number of hydrogen-bond donors (Lipinski definition) is 0. The van der Waals surface area contributed by atoms with E-state index >= 15 is 0 Å². The van der Waals surface area contributed by atoms with E-state index in [9.17, 15) is 0 Å². The molecule has 0 bridgehead atoms. The van der Waals surface area contributed by atoms with Gasteiger partial charge in [-0.3, -0.25) is 0 Å². The molecule has 23 heavy (non-hydrogen) atoms. The molecule has 3 aromatic rings. The summed E-state index contributed by atoms with van der Waals surface area (Å²) in [6.07, 6.45) is 5.28. The second-order valence-electron chi connectivity index (χ2n) is 5.82. The summed E-state index contributed by atoms with van der Waals surface area (Å²) in [7, 11) is 2.08. The first kappa shape index (κ1) is 14.5. The second-order valence-corrected chi connectivity index (χ2v) is 6.90. The Morgan fingerprint density at radius 1 is 1.17 bits per heavy atom. The number of nitrogens with zero attached hydrogens (tertiary/aromatic N) is 3. The van der Waals surface area contributed by atoms with Crippen molar-refractivity contribution in [2.24, 2.45) is 0 Å². The van der Waals surface area contributed by atoms with Crippen LogP contribution >= 0.6 is 11.3 Å². The van der Waals surface area contributed by atoms with E-state index in [2.05, 4.69) is 21.9 Å². The Kier molecular flexibility index (Phi) is 3.87. The number of fused-ring (bicyclic) bond motifs is 3. The second kappa shape index (κ2) is 6.16. The van der Waals surface area contributed by atoms with Gasteiger partial charge in [-0.1, -0.05) is 18.2 Å². The number of ether oxygens (including phenoxy) is 1. The molecular formula is C18H19N3OS. The van der Waals surface area contributed by atoms with E-state index in [1.165, 1.54) is 28.7 Å². The zero-order valence-electron chi connectivity index (χ0n) is 13.2. The van der Waals surface area contributed by atoms with E-state index in [-0.39, 0.29) is 0 Å². The molecule has 1 aromatic carbocycles. The molecule has 5 heteroatoms. The summed E-state index contributed by atoms with van der Waals surface area (Å²) < 4.78 is 5.80. The van der Waals surface area contributed by atoms with Gasteiger partial charge in [0, 0.05) is 11.9 Å². The van der Waals surface area contributed by atoms with Gasteiger partial charge in [0.1, 0.15) is 29.3 Å². The fourth-order valence-corrected chi connectivity index (χ4v) is 4.35. The molecule has 0 saturated carbocycles. The average Bonchev–Trinajstić information content (AvgIpc) is 3.16. The van der Waals surface area contributed by atoms with Gasteiger partial charge in [0.25, 0.3) is 0 Å². The molecule has 0 fully saturated rings. The number of hydrogen-bond acceptors (Lipinski definition) is 5. The number of anilines is 1. The highest BCUT2D eigenvalue weighted by molar-refractivity contribution is 7.19. The number of para-hydroxylation sites is 1. The van der Waals surface area contributed by atoms with Gasteiger partial charge in [-0.05, 0) is 37.0 Å². The molecule has 0 N–H and O–H groups in total. The van der Waals surface area contributed by atoms with Crippen LogP contribution in [0.3, 0.4) is 0 Å². The quantitative estimate of drug-likeness (QED) is 0.717. The van der Waals surface area contributed by atoms with Crippen LogP contribution in [0.2, 0.25) is 0 Å². The summed E-state index contributed by atoms with van der Waals surface area (Å²) >= 11 is 1.83. The van der Waals surface area contributed by atoms with Crippen LogP contribution < -0.4 is 9.64 Å². The lowest BCUT2D eigenvalue weighted by Crippen LogP contribution is -2.25. The Morgan fingerprint density at radius 2 is 2.04 bits per heavy atom. The summed E-state index contributed by atoms with van der Waals surface area (Å²) in [4.78, 5) is 13.8. The fraction of sp³-hybridized carbons (Fsp3) is 0.333. The number of likely N-dealkylation sites (N-methyl/N-ethyl adjacent to an activating group) is 1. The van der Waals surface area contributed by atoms with Crippen LogP contribution in [-0.4, -0.2) is 30.2 Å². The summed E-state index contributed by atoms with van der Waals surface area (Å²) in [6, 6.07) is 9.93. The van der Waals surface area contributed by atoms with Crippen molar-refractivity contribution in [1.82, 2.24) is 9.97 Å². The molecule has 0 radical (unpaired) electrons. The molecule has 4 rings (SSSR count). The molecule has 0 atom stereocenters. The smallest absolute Gasteiger partial charge is 0.140 e. The molecule has 1 aliphatic rings. The average molecular weight is 325 g/mol. The van der Waals surface area contributed by atoms with Crippen LogP contribution in [0.25, 0.3) is 10.2 Å². The Balaban J connectivity index is 1.52. The number of thiophene rings is 1. The molecule has 4 nitrogen and oxygen atoms in total. The van der Waals surface area contributed by atoms with E-state index in [1.54, 1.807) is 6.33 Å². The third kappa shape index (κ3) is 2.77. The molecule has 0 spiro atoms. The van der Waals surface area contributed by atoms with Gasteiger partial charge in [-0.2, -0.15) is 0 Å². The van der Waals surface area contributed by atoms with Crippen LogP contribution in [-0.2, 0) is 12.8 Å². The van der Waals surface area contributed by atoms with Gasteiger partial charge in [0.05, 0.1) is 11.9 Å². The predicted molar refractivity (Wildman–Crippen MR) is 94.6 cm³/mol. The maximum atomic E-state index is 5.80. The van der Waals surface area contributed by atoms with Gasteiger partial charge in [-0.25, -0.2) is 9.97 Å². The van der Waals surface area contributed by atoms with E-state index in [1.807, 2.05) is 41.7 Å². The summed E-state index contributed by atoms with van der Waals surface area (Å²) in [5.41, 5.74) is 1.47. The topological polar surface area (TPSA) is 38.2 Å². The number of aryl methyl sites for hydroxylation is 2. The first-order valence-corrected chi connectivity index (χ1v) is 8.79. The Hall–Kier alpha value is -2.14. The zero-order chi connectivity index (χ0) is 15.6. The highest BCUT2D eigenvalue weighted by atomic mass is 32.1. The molecule has 0 amide bonds. The van der Waals surface area contributed by atoms with Crippen molar-refractivity contribution >= 4 is 27.4 Å². The highest BCUT2D eigenvalue weighted by Gasteiger charge is 2.22. The van der Waals surface area contributed by atoms with E-state index in [0.717, 1.165) is 29.4 Å². The molecule has 2 heterocycles.